The molecule has 2 N–H and O–H groups in total. The summed E-state index contributed by atoms with van der Waals surface area (Å²) in [6.45, 7) is 0. The number of hydrogen-bond donors (Lipinski definition) is 1. The maximum Gasteiger partial charge on any atom is 0.394 e. The first-order chi connectivity index (χ1) is 10.2. The van der Waals surface area contributed by atoms with Gasteiger partial charge >= 0.3 is 6.18 Å². The zero-order valence-corrected chi connectivity index (χ0v) is 11.3. The molecule has 3 aliphatic carbocycles. The fourth-order valence-corrected chi connectivity index (χ4v) is 3.64. The Labute approximate surface area is 122 Å². The third-order valence-corrected chi connectivity index (χ3v) is 4.82. The number of nitrogens with two attached hydrogens (primary N) is 1. The van der Waals surface area contributed by atoms with E-state index in [4.69, 9.17) is 5.73 Å². The summed E-state index contributed by atoms with van der Waals surface area (Å²) in [5, 5.41) is 0.539. The molecular weight excluding hydrogens is 297 g/mol. The van der Waals surface area contributed by atoms with E-state index in [1.54, 1.807) is 0 Å². The Morgan fingerprint density at radius 1 is 1.18 bits per heavy atom. The van der Waals surface area contributed by atoms with Crippen LogP contribution in [-0.2, 0) is 5.41 Å². The summed E-state index contributed by atoms with van der Waals surface area (Å²) < 4.78 is 38.7. The van der Waals surface area contributed by atoms with E-state index in [0.29, 0.717) is 16.9 Å². The van der Waals surface area contributed by atoms with Crippen molar-refractivity contribution in [1.82, 2.24) is 15.0 Å². The highest BCUT2D eigenvalue weighted by molar-refractivity contribution is 5.95. The molecule has 3 saturated carbocycles. The second-order valence-corrected chi connectivity index (χ2v) is 6.28. The molecule has 114 valence electrons. The molecule has 0 spiro atoms. The SMILES string of the molecule is NC(=O)c1cnc2nc(C34CC(C(F)(F)F)(C3)C4)ncc2c1. The second-order valence-electron chi connectivity index (χ2n) is 6.28. The summed E-state index contributed by atoms with van der Waals surface area (Å²) in [6.07, 6.45) is -1.21. The average Bonchev–Trinajstić information content (AvgIpc) is 2.32. The highest BCUT2D eigenvalue weighted by atomic mass is 19.4. The van der Waals surface area contributed by atoms with Crippen LogP contribution in [0.5, 0.6) is 0 Å². The number of amides is 1. The van der Waals surface area contributed by atoms with Gasteiger partial charge in [0.25, 0.3) is 0 Å². The lowest BCUT2D eigenvalue weighted by atomic mass is 9.34. The Hall–Kier alpha value is -2.25. The van der Waals surface area contributed by atoms with Crippen molar-refractivity contribution in [2.24, 2.45) is 11.1 Å². The van der Waals surface area contributed by atoms with Crippen molar-refractivity contribution in [1.29, 1.82) is 0 Å². The minimum atomic E-state index is -4.15. The van der Waals surface area contributed by atoms with E-state index < -0.39 is 22.9 Å². The standard InChI is InChI=1S/C14H11F3N4O/c15-14(16,17)13-4-12(5-13,6-13)11-20-3-8-1-7(9(18)22)2-19-10(8)21-11/h1-3H,4-6H2,(H2,18,22). The molecule has 0 aromatic carbocycles. The van der Waals surface area contributed by atoms with Gasteiger partial charge < -0.3 is 5.73 Å². The molecule has 2 aromatic rings. The number of carbonyl (C=O) groups is 1. The van der Waals surface area contributed by atoms with Gasteiger partial charge in [0.1, 0.15) is 5.82 Å². The van der Waals surface area contributed by atoms with Crippen LogP contribution in [0, 0.1) is 5.41 Å². The molecule has 1 amide bonds. The Bertz CT molecular complexity index is 798. The van der Waals surface area contributed by atoms with Crippen LogP contribution in [0.3, 0.4) is 0 Å². The summed E-state index contributed by atoms with van der Waals surface area (Å²) in [4.78, 5) is 23.6. The molecule has 8 heteroatoms. The molecule has 0 unspecified atom stereocenters. The predicted octanol–water partition coefficient (Wildman–Crippen LogP) is 2.11. The average molecular weight is 308 g/mol. The number of hydrogen-bond acceptors (Lipinski definition) is 4. The highest BCUT2D eigenvalue weighted by Gasteiger charge is 2.79. The number of carbonyl (C=O) groups excluding carboxylic acids is 1. The van der Waals surface area contributed by atoms with Crippen LogP contribution >= 0.6 is 0 Å². The lowest BCUT2D eigenvalue weighted by Crippen LogP contribution is -2.70. The Balaban J connectivity index is 1.66. The molecule has 0 saturated heterocycles. The lowest BCUT2D eigenvalue weighted by molar-refractivity contribution is -0.338. The van der Waals surface area contributed by atoms with Gasteiger partial charge in [-0.15, -0.1) is 0 Å². The molecule has 3 aliphatic rings. The van der Waals surface area contributed by atoms with Gasteiger partial charge in [0.2, 0.25) is 5.91 Å². The van der Waals surface area contributed by atoms with Crippen LogP contribution in [-0.4, -0.2) is 27.0 Å². The van der Waals surface area contributed by atoms with Crippen LogP contribution < -0.4 is 5.73 Å². The largest absolute Gasteiger partial charge is 0.394 e. The van der Waals surface area contributed by atoms with Gasteiger partial charge in [0.05, 0.1) is 11.0 Å². The zero-order valence-electron chi connectivity index (χ0n) is 11.3. The number of fused-ring (bicyclic) bond motifs is 1. The van der Waals surface area contributed by atoms with Gasteiger partial charge in [-0.05, 0) is 25.3 Å². The number of alkyl halides is 3. The first kappa shape index (κ1) is 13.4. The van der Waals surface area contributed by atoms with Crippen molar-refractivity contribution in [2.45, 2.75) is 30.9 Å². The van der Waals surface area contributed by atoms with Crippen LogP contribution in [0.25, 0.3) is 11.0 Å². The van der Waals surface area contributed by atoms with Crippen molar-refractivity contribution in [3.63, 3.8) is 0 Å². The Morgan fingerprint density at radius 2 is 1.86 bits per heavy atom. The summed E-state index contributed by atoms with van der Waals surface area (Å²) in [7, 11) is 0. The third kappa shape index (κ3) is 1.55. The fraction of sp³-hybridized carbons (Fsp3) is 0.429. The summed E-state index contributed by atoms with van der Waals surface area (Å²) in [6, 6.07) is 1.52. The molecule has 0 aliphatic heterocycles. The first-order valence-corrected chi connectivity index (χ1v) is 6.75. The molecule has 0 atom stereocenters. The predicted molar refractivity (Wildman–Crippen MR) is 69.9 cm³/mol. The quantitative estimate of drug-likeness (QED) is 0.921. The Kier molecular flexibility index (Phi) is 2.28. The van der Waals surface area contributed by atoms with Crippen molar-refractivity contribution in [2.75, 3.05) is 0 Å². The molecule has 0 radical (unpaired) electrons. The van der Waals surface area contributed by atoms with Crippen molar-refractivity contribution >= 4 is 16.9 Å². The molecule has 3 fully saturated rings. The summed E-state index contributed by atoms with van der Waals surface area (Å²) in [5.74, 6) is -0.199. The van der Waals surface area contributed by atoms with Crippen molar-refractivity contribution < 1.29 is 18.0 Å². The number of aromatic nitrogens is 3. The topological polar surface area (TPSA) is 81.8 Å². The summed E-state index contributed by atoms with van der Waals surface area (Å²) in [5.41, 5.74) is 3.68. The number of pyridine rings is 1. The van der Waals surface area contributed by atoms with Gasteiger partial charge in [-0.25, -0.2) is 15.0 Å². The minimum absolute atomic E-state index is 0.0500. The lowest BCUT2D eigenvalue weighted by Gasteiger charge is -2.69. The molecule has 2 bridgehead atoms. The number of primary amides is 1. The van der Waals surface area contributed by atoms with Crippen LogP contribution in [0.4, 0.5) is 13.2 Å². The number of halogens is 3. The van der Waals surface area contributed by atoms with Crippen molar-refractivity contribution in [3.8, 4) is 0 Å². The third-order valence-electron chi connectivity index (χ3n) is 4.82. The van der Waals surface area contributed by atoms with E-state index in [2.05, 4.69) is 15.0 Å². The van der Waals surface area contributed by atoms with Crippen LogP contribution in [0.1, 0.15) is 35.4 Å². The van der Waals surface area contributed by atoms with Crippen LogP contribution in [0.15, 0.2) is 18.5 Å². The minimum Gasteiger partial charge on any atom is -0.366 e. The number of nitrogens with zero attached hydrogens (tertiary/aromatic N) is 3. The van der Waals surface area contributed by atoms with E-state index in [-0.39, 0.29) is 24.8 Å². The Morgan fingerprint density at radius 3 is 2.45 bits per heavy atom. The molecule has 22 heavy (non-hydrogen) atoms. The molecule has 5 nitrogen and oxygen atoms in total. The molecular formula is C14H11F3N4O. The fourth-order valence-electron chi connectivity index (χ4n) is 3.64. The van der Waals surface area contributed by atoms with Gasteiger partial charge in [0.15, 0.2) is 5.65 Å². The van der Waals surface area contributed by atoms with Gasteiger partial charge in [-0.2, -0.15) is 13.2 Å². The van der Waals surface area contributed by atoms with Gasteiger partial charge in [-0.3, -0.25) is 4.79 Å². The molecule has 2 aromatic heterocycles. The number of rotatable bonds is 2. The molecule has 5 rings (SSSR count). The van der Waals surface area contributed by atoms with E-state index in [1.807, 2.05) is 0 Å². The van der Waals surface area contributed by atoms with E-state index in [0.717, 1.165) is 0 Å². The van der Waals surface area contributed by atoms with Crippen LogP contribution in [0.2, 0.25) is 0 Å². The van der Waals surface area contributed by atoms with E-state index >= 15 is 0 Å². The van der Waals surface area contributed by atoms with Crippen molar-refractivity contribution in [3.05, 3.63) is 29.8 Å². The van der Waals surface area contributed by atoms with E-state index in [1.165, 1.54) is 18.5 Å². The monoisotopic (exact) mass is 308 g/mol. The summed E-state index contributed by atoms with van der Waals surface area (Å²) >= 11 is 0. The molecule has 2 heterocycles. The maximum atomic E-state index is 12.9. The van der Waals surface area contributed by atoms with E-state index in [9.17, 15) is 18.0 Å². The zero-order chi connectivity index (χ0) is 15.8. The van der Waals surface area contributed by atoms with Gasteiger partial charge in [0, 0.05) is 23.2 Å². The highest BCUT2D eigenvalue weighted by Crippen LogP contribution is 2.78. The van der Waals surface area contributed by atoms with Gasteiger partial charge in [-0.1, -0.05) is 0 Å². The maximum absolute atomic E-state index is 12.9. The first-order valence-electron chi connectivity index (χ1n) is 6.75. The second kappa shape index (κ2) is 3.74. The smallest absolute Gasteiger partial charge is 0.366 e. The normalized spacial score (nSPS) is 29.8.